The molecule has 1 aromatic rings. The number of hydrogen-bond donors (Lipinski definition) is 2. The van der Waals surface area contributed by atoms with Gasteiger partial charge in [0.15, 0.2) is 0 Å². The third-order valence-corrected chi connectivity index (χ3v) is 4.16. The number of hydrogen-bond acceptors (Lipinski definition) is 2. The average Bonchev–Trinajstić information content (AvgIpc) is 2.27. The molecule has 2 N–H and O–H groups in total. The van der Waals surface area contributed by atoms with Crippen LogP contribution >= 0.6 is 0 Å². The van der Waals surface area contributed by atoms with E-state index in [0.29, 0.717) is 0 Å². The molecule has 1 aliphatic rings. The molecule has 20 heavy (non-hydrogen) atoms. The molecule has 0 amide bonds. The Labute approximate surface area is 124 Å². The van der Waals surface area contributed by atoms with Crippen LogP contribution < -0.4 is 10.6 Å². The summed E-state index contributed by atoms with van der Waals surface area (Å²) in [6.07, 6.45) is 2.49. The lowest BCUT2D eigenvalue weighted by molar-refractivity contribution is 0.127. The molecule has 1 aliphatic heterocycles. The standard InChI is InChI=1S/C18H30N2/c1-14-6-8-15(9-7-14)12-19-13-16-10-17(2,3)20-18(4,5)11-16/h6-9,16,19-20H,10-13H2,1-5H3. The zero-order chi connectivity index (χ0) is 14.8. The molecule has 112 valence electrons. The predicted molar refractivity (Wildman–Crippen MR) is 86.9 cm³/mol. The maximum Gasteiger partial charge on any atom is 0.0205 e. The van der Waals surface area contributed by atoms with Crippen LogP contribution in [-0.2, 0) is 6.54 Å². The monoisotopic (exact) mass is 274 g/mol. The van der Waals surface area contributed by atoms with Crippen molar-refractivity contribution in [1.82, 2.24) is 10.6 Å². The van der Waals surface area contributed by atoms with E-state index in [9.17, 15) is 0 Å². The summed E-state index contributed by atoms with van der Waals surface area (Å²) >= 11 is 0. The van der Waals surface area contributed by atoms with E-state index in [1.54, 1.807) is 0 Å². The smallest absolute Gasteiger partial charge is 0.0205 e. The van der Waals surface area contributed by atoms with E-state index < -0.39 is 0 Å². The first-order valence-electron chi connectivity index (χ1n) is 7.81. The third-order valence-electron chi connectivity index (χ3n) is 4.16. The van der Waals surface area contributed by atoms with E-state index in [-0.39, 0.29) is 11.1 Å². The van der Waals surface area contributed by atoms with Gasteiger partial charge in [-0.15, -0.1) is 0 Å². The zero-order valence-electron chi connectivity index (χ0n) is 13.7. The summed E-state index contributed by atoms with van der Waals surface area (Å²) in [6, 6.07) is 8.82. The Balaban J connectivity index is 1.83. The molecule has 0 saturated carbocycles. The van der Waals surface area contributed by atoms with Gasteiger partial charge in [-0.2, -0.15) is 0 Å². The molecule has 2 nitrogen and oxygen atoms in total. The predicted octanol–water partition coefficient (Wildman–Crippen LogP) is 3.64. The van der Waals surface area contributed by atoms with E-state index in [1.807, 2.05) is 0 Å². The van der Waals surface area contributed by atoms with Crippen molar-refractivity contribution < 1.29 is 0 Å². The van der Waals surface area contributed by atoms with E-state index in [0.717, 1.165) is 19.0 Å². The third kappa shape index (κ3) is 4.60. The van der Waals surface area contributed by atoms with Crippen LogP contribution in [0.25, 0.3) is 0 Å². The Kier molecular flexibility index (Phi) is 4.55. The van der Waals surface area contributed by atoms with Gasteiger partial charge in [0.2, 0.25) is 0 Å². The topological polar surface area (TPSA) is 24.1 Å². The second-order valence-electron chi connectivity index (χ2n) is 7.78. The van der Waals surface area contributed by atoms with Gasteiger partial charge >= 0.3 is 0 Å². The van der Waals surface area contributed by atoms with Gasteiger partial charge in [-0.1, -0.05) is 29.8 Å². The van der Waals surface area contributed by atoms with Crippen LogP contribution in [0.3, 0.4) is 0 Å². The van der Waals surface area contributed by atoms with Crippen LogP contribution in [0.2, 0.25) is 0 Å². The van der Waals surface area contributed by atoms with Crippen LogP contribution in [0, 0.1) is 12.8 Å². The second-order valence-corrected chi connectivity index (χ2v) is 7.78. The van der Waals surface area contributed by atoms with Crippen molar-refractivity contribution >= 4 is 0 Å². The van der Waals surface area contributed by atoms with Crippen LogP contribution in [0.5, 0.6) is 0 Å². The largest absolute Gasteiger partial charge is 0.312 e. The van der Waals surface area contributed by atoms with Crippen LogP contribution in [0.1, 0.15) is 51.7 Å². The lowest BCUT2D eigenvalue weighted by atomic mass is 9.76. The van der Waals surface area contributed by atoms with Gasteiger partial charge < -0.3 is 10.6 Å². The molecule has 2 heteroatoms. The molecule has 1 aromatic carbocycles. The lowest BCUT2D eigenvalue weighted by Crippen LogP contribution is -2.58. The summed E-state index contributed by atoms with van der Waals surface area (Å²) in [5.41, 5.74) is 3.20. The van der Waals surface area contributed by atoms with Crippen molar-refractivity contribution in [2.75, 3.05) is 6.54 Å². The maximum absolute atomic E-state index is 3.75. The van der Waals surface area contributed by atoms with Crippen molar-refractivity contribution in [3.63, 3.8) is 0 Å². The molecule has 0 aromatic heterocycles. The highest BCUT2D eigenvalue weighted by Gasteiger charge is 2.37. The molecule has 1 saturated heterocycles. The molecule has 0 bridgehead atoms. The fourth-order valence-corrected chi connectivity index (χ4v) is 3.80. The first-order valence-corrected chi connectivity index (χ1v) is 7.81. The van der Waals surface area contributed by atoms with Crippen molar-refractivity contribution in [1.29, 1.82) is 0 Å². The average molecular weight is 274 g/mol. The molecule has 0 spiro atoms. The van der Waals surface area contributed by atoms with Crippen molar-refractivity contribution in [3.05, 3.63) is 35.4 Å². The fourth-order valence-electron chi connectivity index (χ4n) is 3.80. The van der Waals surface area contributed by atoms with Gasteiger partial charge in [0, 0.05) is 17.6 Å². The number of rotatable bonds is 4. The normalized spacial score (nSPS) is 21.9. The zero-order valence-corrected chi connectivity index (χ0v) is 13.7. The number of aryl methyl sites for hydroxylation is 1. The minimum Gasteiger partial charge on any atom is -0.312 e. The van der Waals surface area contributed by atoms with Crippen LogP contribution in [0.15, 0.2) is 24.3 Å². The first kappa shape index (κ1) is 15.5. The second kappa shape index (κ2) is 5.87. The van der Waals surface area contributed by atoms with Crippen molar-refractivity contribution in [2.45, 2.75) is 65.1 Å². The Hall–Kier alpha value is -0.860. The number of piperidine rings is 1. The Morgan fingerprint density at radius 2 is 1.60 bits per heavy atom. The lowest BCUT2D eigenvalue weighted by Gasteiger charge is -2.46. The highest BCUT2D eigenvalue weighted by Crippen LogP contribution is 2.32. The minimum absolute atomic E-state index is 0.248. The molecule has 0 aliphatic carbocycles. The number of nitrogens with one attached hydrogen (secondary N) is 2. The Bertz CT molecular complexity index is 415. The summed E-state index contributed by atoms with van der Waals surface area (Å²) in [7, 11) is 0. The van der Waals surface area contributed by atoms with Crippen molar-refractivity contribution in [3.8, 4) is 0 Å². The molecule has 0 radical (unpaired) electrons. The van der Waals surface area contributed by atoms with Gasteiger partial charge in [0.1, 0.15) is 0 Å². The molecule has 2 rings (SSSR count). The van der Waals surface area contributed by atoms with E-state index >= 15 is 0 Å². The van der Waals surface area contributed by atoms with Crippen LogP contribution in [-0.4, -0.2) is 17.6 Å². The highest BCUT2D eigenvalue weighted by molar-refractivity contribution is 5.21. The number of benzene rings is 1. The van der Waals surface area contributed by atoms with E-state index in [2.05, 4.69) is 69.5 Å². The van der Waals surface area contributed by atoms with E-state index in [1.165, 1.54) is 24.0 Å². The molecule has 0 atom stereocenters. The van der Waals surface area contributed by atoms with Gasteiger partial charge in [-0.05, 0) is 65.5 Å². The van der Waals surface area contributed by atoms with Gasteiger partial charge in [0.25, 0.3) is 0 Å². The molecule has 1 fully saturated rings. The summed E-state index contributed by atoms with van der Waals surface area (Å²) in [6.45, 7) is 13.5. The highest BCUT2D eigenvalue weighted by atomic mass is 15.1. The molecule has 0 unspecified atom stereocenters. The summed E-state index contributed by atoms with van der Waals surface area (Å²) in [5, 5.41) is 7.39. The molecule has 1 heterocycles. The van der Waals surface area contributed by atoms with Gasteiger partial charge in [0.05, 0.1) is 0 Å². The SMILES string of the molecule is Cc1ccc(CNCC2CC(C)(C)NC(C)(C)C2)cc1. The molecular weight excluding hydrogens is 244 g/mol. The first-order chi connectivity index (χ1) is 9.26. The summed E-state index contributed by atoms with van der Waals surface area (Å²) < 4.78 is 0. The van der Waals surface area contributed by atoms with Crippen LogP contribution in [0.4, 0.5) is 0 Å². The fraction of sp³-hybridized carbons (Fsp3) is 0.667. The van der Waals surface area contributed by atoms with Gasteiger partial charge in [-0.25, -0.2) is 0 Å². The minimum atomic E-state index is 0.248. The van der Waals surface area contributed by atoms with E-state index in [4.69, 9.17) is 0 Å². The van der Waals surface area contributed by atoms with Crippen molar-refractivity contribution in [2.24, 2.45) is 5.92 Å². The Morgan fingerprint density at radius 3 is 2.15 bits per heavy atom. The Morgan fingerprint density at radius 1 is 1.05 bits per heavy atom. The summed E-state index contributed by atoms with van der Waals surface area (Å²) in [5.74, 6) is 0.756. The van der Waals surface area contributed by atoms with Gasteiger partial charge in [-0.3, -0.25) is 0 Å². The maximum atomic E-state index is 3.75. The summed E-state index contributed by atoms with van der Waals surface area (Å²) in [4.78, 5) is 0. The quantitative estimate of drug-likeness (QED) is 0.876. The molecular formula is C18H30N2.